The highest BCUT2D eigenvalue weighted by Gasteiger charge is 2.27. The summed E-state index contributed by atoms with van der Waals surface area (Å²) in [6, 6.07) is 8.04. The molecule has 2 unspecified atom stereocenters. The zero-order chi connectivity index (χ0) is 15.4. The molecule has 1 saturated heterocycles. The molecule has 0 spiro atoms. The van der Waals surface area contributed by atoms with Gasteiger partial charge in [0.25, 0.3) is 0 Å². The van der Waals surface area contributed by atoms with Gasteiger partial charge in [-0.2, -0.15) is 0 Å². The van der Waals surface area contributed by atoms with Gasteiger partial charge < -0.3 is 9.84 Å². The van der Waals surface area contributed by atoms with Crippen LogP contribution < -0.4 is 4.74 Å². The molecule has 1 heterocycles. The van der Waals surface area contributed by atoms with Crippen molar-refractivity contribution in [2.75, 3.05) is 33.3 Å². The van der Waals surface area contributed by atoms with Crippen molar-refractivity contribution in [1.29, 1.82) is 0 Å². The lowest BCUT2D eigenvalue weighted by molar-refractivity contribution is -0.143. The summed E-state index contributed by atoms with van der Waals surface area (Å²) in [4.78, 5) is 15.5. The van der Waals surface area contributed by atoms with Gasteiger partial charge in [0.15, 0.2) is 0 Å². The first-order valence-electron chi connectivity index (χ1n) is 7.37. The molecular formula is C16H24N2O3. The summed E-state index contributed by atoms with van der Waals surface area (Å²) in [5, 5.41) is 9.08. The standard InChI is InChI=1S/C16H24N2O3/c1-12(14-5-4-6-15(11-14)21-3)17-7-9-18(10-8-17)13(2)16(19)20/h4-6,11-13H,7-10H2,1-3H3,(H,19,20). The number of aliphatic carboxylic acids is 1. The zero-order valence-corrected chi connectivity index (χ0v) is 13.0. The predicted octanol–water partition coefficient (Wildman–Crippen LogP) is 1.85. The Balaban J connectivity index is 1.96. The van der Waals surface area contributed by atoms with Crippen molar-refractivity contribution in [3.63, 3.8) is 0 Å². The SMILES string of the molecule is COc1cccc(C(C)N2CCN(C(C)C(=O)O)CC2)c1. The van der Waals surface area contributed by atoms with Crippen LogP contribution in [0.4, 0.5) is 0 Å². The van der Waals surface area contributed by atoms with Gasteiger partial charge in [0.1, 0.15) is 11.8 Å². The van der Waals surface area contributed by atoms with E-state index in [0.717, 1.165) is 31.9 Å². The summed E-state index contributed by atoms with van der Waals surface area (Å²) in [6.07, 6.45) is 0. The number of hydrogen-bond acceptors (Lipinski definition) is 4. The molecule has 0 amide bonds. The smallest absolute Gasteiger partial charge is 0.320 e. The first kappa shape index (κ1) is 15.8. The maximum atomic E-state index is 11.0. The second-order valence-corrected chi connectivity index (χ2v) is 5.54. The van der Waals surface area contributed by atoms with Crippen molar-refractivity contribution in [2.45, 2.75) is 25.9 Å². The Kier molecular flexibility index (Phi) is 5.20. The van der Waals surface area contributed by atoms with Crippen molar-refractivity contribution in [2.24, 2.45) is 0 Å². The average Bonchev–Trinajstić information content (AvgIpc) is 2.53. The topological polar surface area (TPSA) is 53.0 Å². The Morgan fingerprint density at radius 2 is 1.81 bits per heavy atom. The van der Waals surface area contributed by atoms with Crippen LogP contribution in [0.2, 0.25) is 0 Å². The number of ether oxygens (including phenoxy) is 1. The van der Waals surface area contributed by atoms with Crippen molar-refractivity contribution >= 4 is 5.97 Å². The molecule has 1 aromatic rings. The Morgan fingerprint density at radius 3 is 2.38 bits per heavy atom. The third-order valence-electron chi connectivity index (χ3n) is 4.38. The molecule has 1 aliphatic rings. The molecule has 1 aliphatic heterocycles. The quantitative estimate of drug-likeness (QED) is 0.897. The number of carbonyl (C=O) groups is 1. The zero-order valence-electron chi connectivity index (χ0n) is 13.0. The van der Waals surface area contributed by atoms with Crippen LogP contribution in [-0.4, -0.2) is 60.2 Å². The molecule has 0 bridgehead atoms. The van der Waals surface area contributed by atoms with E-state index in [1.807, 2.05) is 17.0 Å². The number of hydrogen-bond donors (Lipinski definition) is 1. The minimum Gasteiger partial charge on any atom is -0.497 e. The molecule has 2 rings (SSSR count). The van der Waals surface area contributed by atoms with Crippen molar-refractivity contribution in [3.8, 4) is 5.75 Å². The molecule has 1 aromatic carbocycles. The fourth-order valence-electron chi connectivity index (χ4n) is 2.78. The predicted molar refractivity (Wildman–Crippen MR) is 81.7 cm³/mol. The number of benzene rings is 1. The maximum Gasteiger partial charge on any atom is 0.320 e. The first-order chi connectivity index (χ1) is 10.0. The number of carboxylic acids is 1. The molecule has 21 heavy (non-hydrogen) atoms. The van der Waals surface area contributed by atoms with Gasteiger partial charge in [-0.25, -0.2) is 0 Å². The van der Waals surface area contributed by atoms with Gasteiger partial charge in [-0.1, -0.05) is 12.1 Å². The van der Waals surface area contributed by atoms with Gasteiger partial charge in [-0.3, -0.25) is 14.6 Å². The molecule has 1 N–H and O–H groups in total. The Morgan fingerprint density at radius 1 is 1.19 bits per heavy atom. The van der Waals surface area contributed by atoms with Crippen LogP contribution in [0, 0.1) is 0 Å². The minimum absolute atomic E-state index is 0.308. The van der Waals surface area contributed by atoms with Gasteiger partial charge in [0.05, 0.1) is 7.11 Å². The summed E-state index contributed by atoms with van der Waals surface area (Å²) in [6.45, 7) is 7.30. The van der Waals surface area contributed by atoms with E-state index in [2.05, 4.69) is 24.0 Å². The van der Waals surface area contributed by atoms with Gasteiger partial charge >= 0.3 is 5.97 Å². The lowest BCUT2D eigenvalue weighted by Crippen LogP contribution is -2.52. The summed E-state index contributed by atoms with van der Waals surface area (Å²) < 4.78 is 5.28. The molecule has 116 valence electrons. The molecule has 0 saturated carbocycles. The van der Waals surface area contributed by atoms with Crippen LogP contribution in [0.25, 0.3) is 0 Å². The molecule has 0 aliphatic carbocycles. The monoisotopic (exact) mass is 292 g/mol. The van der Waals surface area contributed by atoms with Crippen LogP contribution in [0.5, 0.6) is 5.75 Å². The summed E-state index contributed by atoms with van der Waals surface area (Å²) >= 11 is 0. The molecule has 5 heteroatoms. The first-order valence-corrected chi connectivity index (χ1v) is 7.37. The number of methoxy groups -OCH3 is 1. The van der Waals surface area contributed by atoms with E-state index < -0.39 is 12.0 Å². The van der Waals surface area contributed by atoms with Crippen molar-refractivity contribution < 1.29 is 14.6 Å². The van der Waals surface area contributed by atoms with E-state index in [4.69, 9.17) is 9.84 Å². The molecule has 0 aromatic heterocycles. The second-order valence-electron chi connectivity index (χ2n) is 5.54. The van der Waals surface area contributed by atoms with Gasteiger partial charge in [0, 0.05) is 32.2 Å². The number of piperazine rings is 1. The summed E-state index contributed by atoms with van der Waals surface area (Å²) in [5.74, 6) is 0.127. The molecular weight excluding hydrogens is 268 g/mol. The number of rotatable bonds is 5. The lowest BCUT2D eigenvalue weighted by Gasteiger charge is -2.39. The van der Waals surface area contributed by atoms with Crippen molar-refractivity contribution in [1.82, 2.24) is 9.80 Å². The van der Waals surface area contributed by atoms with Crippen LogP contribution in [0.3, 0.4) is 0 Å². The Bertz CT molecular complexity index is 484. The normalized spacial score (nSPS) is 20.0. The fraction of sp³-hybridized carbons (Fsp3) is 0.562. The summed E-state index contributed by atoms with van der Waals surface area (Å²) in [5.41, 5.74) is 1.23. The fourth-order valence-corrected chi connectivity index (χ4v) is 2.78. The third-order valence-corrected chi connectivity index (χ3v) is 4.38. The van der Waals surface area contributed by atoms with Crippen molar-refractivity contribution in [3.05, 3.63) is 29.8 Å². The van der Waals surface area contributed by atoms with Gasteiger partial charge in [0.2, 0.25) is 0 Å². The number of carboxylic acid groups (broad SMARTS) is 1. The van der Waals surface area contributed by atoms with Crippen LogP contribution in [0.1, 0.15) is 25.5 Å². The van der Waals surface area contributed by atoms with Crippen LogP contribution >= 0.6 is 0 Å². The average molecular weight is 292 g/mol. The van der Waals surface area contributed by atoms with E-state index in [-0.39, 0.29) is 0 Å². The van der Waals surface area contributed by atoms with E-state index in [9.17, 15) is 4.79 Å². The highest BCUT2D eigenvalue weighted by Crippen LogP contribution is 2.25. The van der Waals surface area contributed by atoms with Crippen LogP contribution in [-0.2, 0) is 4.79 Å². The van der Waals surface area contributed by atoms with E-state index in [1.54, 1.807) is 14.0 Å². The second kappa shape index (κ2) is 6.91. The highest BCUT2D eigenvalue weighted by molar-refractivity contribution is 5.72. The highest BCUT2D eigenvalue weighted by atomic mass is 16.5. The Labute approximate surface area is 126 Å². The lowest BCUT2D eigenvalue weighted by atomic mass is 10.1. The van der Waals surface area contributed by atoms with Crippen LogP contribution in [0.15, 0.2) is 24.3 Å². The molecule has 0 radical (unpaired) electrons. The third kappa shape index (κ3) is 3.74. The Hall–Kier alpha value is -1.59. The molecule has 5 nitrogen and oxygen atoms in total. The summed E-state index contributed by atoms with van der Waals surface area (Å²) in [7, 11) is 1.68. The molecule has 2 atom stereocenters. The van der Waals surface area contributed by atoms with Gasteiger partial charge in [-0.05, 0) is 31.5 Å². The maximum absolute atomic E-state index is 11.0. The van der Waals surface area contributed by atoms with Gasteiger partial charge in [-0.15, -0.1) is 0 Å². The van der Waals surface area contributed by atoms with E-state index in [1.165, 1.54) is 5.56 Å². The minimum atomic E-state index is -0.746. The molecule has 1 fully saturated rings. The van der Waals surface area contributed by atoms with E-state index >= 15 is 0 Å². The number of nitrogens with zero attached hydrogens (tertiary/aromatic N) is 2. The van der Waals surface area contributed by atoms with E-state index in [0.29, 0.717) is 6.04 Å². The largest absolute Gasteiger partial charge is 0.497 e.